The Labute approximate surface area is 63.3 Å². The van der Waals surface area contributed by atoms with Crippen molar-refractivity contribution in [3.05, 3.63) is 0 Å². The molecule has 0 aromatic carbocycles. The molecule has 0 radical (unpaired) electrons. The van der Waals surface area contributed by atoms with Crippen molar-refractivity contribution < 1.29 is 19.4 Å². The SMILES string of the molecule is O=C(O)C(=O)OCNC1CC1. The summed E-state index contributed by atoms with van der Waals surface area (Å²) in [6.07, 6.45) is 2.15. The number of esters is 1. The van der Waals surface area contributed by atoms with Crippen molar-refractivity contribution >= 4 is 11.9 Å². The summed E-state index contributed by atoms with van der Waals surface area (Å²) in [5.74, 6) is -2.76. The minimum absolute atomic E-state index is 0.00417. The van der Waals surface area contributed by atoms with Crippen LogP contribution in [0, 0.1) is 0 Å². The van der Waals surface area contributed by atoms with Crippen LogP contribution in [0.4, 0.5) is 0 Å². The van der Waals surface area contributed by atoms with Gasteiger partial charge in [0, 0.05) is 6.04 Å². The average Bonchev–Trinajstić information content (AvgIpc) is 2.71. The fraction of sp³-hybridized carbons (Fsp3) is 0.667. The summed E-state index contributed by atoms with van der Waals surface area (Å²) in [5, 5.41) is 10.9. The van der Waals surface area contributed by atoms with Gasteiger partial charge in [-0.3, -0.25) is 5.32 Å². The van der Waals surface area contributed by atoms with Crippen molar-refractivity contribution in [3.8, 4) is 0 Å². The Morgan fingerprint density at radius 2 is 2.18 bits per heavy atom. The van der Waals surface area contributed by atoms with Gasteiger partial charge in [0.25, 0.3) is 0 Å². The van der Waals surface area contributed by atoms with E-state index in [0.29, 0.717) is 6.04 Å². The highest BCUT2D eigenvalue weighted by atomic mass is 16.6. The monoisotopic (exact) mass is 159 g/mol. The molecule has 0 bridgehead atoms. The van der Waals surface area contributed by atoms with Crippen molar-refractivity contribution in [1.29, 1.82) is 0 Å². The molecule has 0 atom stereocenters. The summed E-state index contributed by atoms with van der Waals surface area (Å²) >= 11 is 0. The minimum atomic E-state index is -1.55. The van der Waals surface area contributed by atoms with E-state index >= 15 is 0 Å². The molecule has 5 heteroatoms. The van der Waals surface area contributed by atoms with Gasteiger partial charge in [0.05, 0.1) is 0 Å². The van der Waals surface area contributed by atoms with Crippen LogP contribution < -0.4 is 5.32 Å². The lowest BCUT2D eigenvalue weighted by atomic mass is 10.7. The first kappa shape index (κ1) is 8.00. The molecular formula is C6H9NO4. The predicted octanol–water partition coefficient (Wildman–Crippen LogP) is -0.676. The maximum Gasteiger partial charge on any atom is 0.418 e. The van der Waals surface area contributed by atoms with Crippen molar-refractivity contribution in [1.82, 2.24) is 5.32 Å². The summed E-state index contributed by atoms with van der Waals surface area (Å²) < 4.78 is 4.30. The van der Waals surface area contributed by atoms with E-state index in [4.69, 9.17) is 5.11 Å². The summed E-state index contributed by atoms with van der Waals surface area (Å²) in [4.78, 5) is 20.2. The third-order valence-corrected chi connectivity index (χ3v) is 1.33. The molecule has 5 nitrogen and oxygen atoms in total. The highest BCUT2D eigenvalue weighted by molar-refractivity contribution is 6.28. The van der Waals surface area contributed by atoms with Gasteiger partial charge in [-0.15, -0.1) is 0 Å². The van der Waals surface area contributed by atoms with Crippen LogP contribution in [0.1, 0.15) is 12.8 Å². The largest absolute Gasteiger partial charge is 0.473 e. The number of rotatable bonds is 3. The Hall–Kier alpha value is -1.10. The summed E-state index contributed by atoms with van der Waals surface area (Å²) in [6, 6.07) is 0.414. The van der Waals surface area contributed by atoms with Crippen LogP contribution in [-0.4, -0.2) is 29.8 Å². The van der Waals surface area contributed by atoms with Crippen molar-refractivity contribution in [3.63, 3.8) is 0 Å². The number of carbonyl (C=O) groups is 2. The van der Waals surface area contributed by atoms with E-state index in [1.807, 2.05) is 0 Å². The average molecular weight is 159 g/mol. The van der Waals surface area contributed by atoms with E-state index in [9.17, 15) is 9.59 Å². The zero-order valence-corrected chi connectivity index (χ0v) is 5.87. The first-order valence-corrected chi connectivity index (χ1v) is 3.33. The van der Waals surface area contributed by atoms with Gasteiger partial charge >= 0.3 is 11.9 Å². The number of ether oxygens (including phenoxy) is 1. The predicted molar refractivity (Wildman–Crippen MR) is 34.8 cm³/mol. The van der Waals surface area contributed by atoms with Gasteiger partial charge in [0.2, 0.25) is 0 Å². The molecule has 11 heavy (non-hydrogen) atoms. The standard InChI is InChI=1S/C6H9NO4/c8-5(9)6(10)11-3-7-4-1-2-4/h4,7H,1-3H2,(H,8,9). The first-order chi connectivity index (χ1) is 5.20. The number of carboxylic acid groups (broad SMARTS) is 1. The molecule has 0 heterocycles. The number of aliphatic carboxylic acids is 1. The first-order valence-electron chi connectivity index (χ1n) is 3.33. The molecular weight excluding hydrogens is 150 g/mol. The molecule has 0 aliphatic heterocycles. The Kier molecular flexibility index (Phi) is 2.43. The molecule has 0 aromatic heterocycles. The van der Waals surface area contributed by atoms with Crippen molar-refractivity contribution in [2.24, 2.45) is 0 Å². The molecule has 2 N–H and O–H groups in total. The van der Waals surface area contributed by atoms with E-state index in [-0.39, 0.29) is 6.73 Å². The molecule has 1 fully saturated rings. The van der Waals surface area contributed by atoms with Crippen LogP contribution in [0.3, 0.4) is 0 Å². The number of carbonyl (C=O) groups excluding carboxylic acids is 1. The van der Waals surface area contributed by atoms with E-state index in [2.05, 4.69) is 10.1 Å². The number of nitrogens with one attached hydrogen (secondary N) is 1. The molecule has 62 valence electrons. The van der Waals surface area contributed by atoms with Gasteiger partial charge in [-0.2, -0.15) is 0 Å². The van der Waals surface area contributed by atoms with Crippen LogP contribution >= 0.6 is 0 Å². The summed E-state index contributed by atoms with van der Waals surface area (Å²) in [7, 11) is 0. The zero-order chi connectivity index (χ0) is 8.27. The normalized spacial score (nSPS) is 16.0. The smallest absolute Gasteiger partial charge is 0.418 e. The van der Waals surface area contributed by atoms with Gasteiger partial charge in [0.1, 0.15) is 6.73 Å². The Morgan fingerprint density at radius 1 is 1.55 bits per heavy atom. The van der Waals surface area contributed by atoms with E-state index in [1.165, 1.54) is 0 Å². The van der Waals surface area contributed by atoms with Crippen molar-refractivity contribution in [2.75, 3.05) is 6.73 Å². The fourth-order valence-electron chi connectivity index (χ4n) is 0.574. The fourth-order valence-corrected chi connectivity index (χ4v) is 0.574. The van der Waals surface area contributed by atoms with E-state index in [0.717, 1.165) is 12.8 Å². The quantitative estimate of drug-likeness (QED) is 0.324. The molecule has 1 saturated carbocycles. The Morgan fingerprint density at radius 3 is 2.64 bits per heavy atom. The highest BCUT2D eigenvalue weighted by Crippen LogP contribution is 2.17. The molecule has 1 aliphatic carbocycles. The maximum absolute atomic E-state index is 10.3. The Bertz CT molecular complexity index is 175. The molecule has 0 spiro atoms. The lowest BCUT2D eigenvalue weighted by Gasteiger charge is -2.01. The van der Waals surface area contributed by atoms with Crippen LogP contribution in [0.25, 0.3) is 0 Å². The highest BCUT2D eigenvalue weighted by Gasteiger charge is 2.21. The third kappa shape index (κ3) is 2.99. The molecule has 0 saturated heterocycles. The van der Waals surface area contributed by atoms with Gasteiger partial charge in [-0.05, 0) is 12.8 Å². The molecule has 0 aromatic rings. The zero-order valence-electron chi connectivity index (χ0n) is 5.87. The second-order valence-electron chi connectivity index (χ2n) is 2.36. The second kappa shape index (κ2) is 3.34. The molecule has 0 unspecified atom stereocenters. The summed E-state index contributed by atoms with van der Waals surface area (Å²) in [5.41, 5.74) is 0. The van der Waals surface area contributed by atoms with Crippen LogP contribution in [0.2, 0.25) is 0 Å². The molecule has 0 amide bonds. The Balaban J connectivity index is 2.01. The second-order valence-corrected chi connectivity index (χ2v) is 2.36. The van der Waals surface area contributed by atoms with Gasteiger partial charge in [-0.1, -0.05) is 0 Å². The molecule has 1 rings (SSSR count). The number of hydrogen-bond donors (Lipinski definition) is 2. The minimum Gasteiger partial charge on any atom is -0.473 e. The lowest BCUT2D eigenvalue weighted by molar-refractivity contribution is -0.164. The lowest BCUT2D eigenvalue weighted by Crippen LogP contribution is -2.26. The van der Waals surface area contributed by atoms with E-state index < -0.39 is 11.9 Å². The van der Waals surface area contributed by atoms with Gasteiger partial charge in [-0.25, -0.2) is 9.59 Å². The van der Waals surface area contributed by atoms with Gasteiger partial charge in [0.15, 0.2) is 0 Å². The third-order valence-electron chi connectivity index (χ3n) is 1.33. The molecule has 1 aliphatic rings. The van der Waals surface area contributed by atoms with Crippen molar-refractivity contribution in [2.45, 2.75) is 18.9 Å². The summed E-state index contributed by atoms with van der Waals surface area (Å²) in [6.45, 7) is -0.00417. The van der Waals surface area contributed by atoms with Crippen LogP contribution in [0.5, 0.6) is 0 Å². The number of hydrogen-bond acceptors (Lipinski definition) is 4. The van der Waals surface area contributed by atoms with Crippen LogP contribution in [0.15, 0.2) is 0 Å². The number of carboxylic acids is 1. The topological polar surface area (TPSA) is 75.6 Å². The van der Waals surface area contributed by atoms with Crippen LogP contribution in [-0.2, 0) is 14.3 Å². The van der Waals surface area contributed by atoms with Gasteiger partial charge < -0.3 is 9.84 Å². The maximum atomic E-state index is 10.3. The van der Waals surface area contributed by atoms with E-state index in [1.54, 1.807) is 0 Å².